The standard InChI is InChI=1S/C22H22N4O/c1-14-9-10-18(11-15(14)2)26-16(3)12-19(17(26)4)22(27)13-25-21-8-6-5-7-20(21)23-24-25/h5-12H,13H2,1-4H3. The zero-order valence-corrected chi connectivity index (χ0v) is 16.0. The Labute approximate surface area is 158 Å². The first-order valence-electron chi connectivity index (χ1n) is 9.03. The number of fused-ring (bicyclic) bond motifs is 1. The van der Waals surface area contributed by atoms with E-state index in [1.165, 1.54) is 11.1 Å². The van der Waals surface area contributed by atoms with Gasteiger partial charge >= 0.3 is 0 Å². The van der Waals surface area contributed by atoms with E-state index >= 15 is 0 Å². The molecular formula is C22H22N4O. The van der Waals surface area contributed by atoms with E-state index in [2.05, 4.69) is 46.9 Å². The monoisotopic (exact) mass is 358 g/mol. The number of rotatable bonds is 4. The highest BCUT2D eigenvalue weighted by Gasteiger charge is 2.18. The number of Topliss-reactive ketones (excluding diaryl/α,β-unsaturated/α-hetero) is 1. The molecule has 0 amide bonds. The van der Waals surface area contributed by atoms with Crippen LogP contribution in [-0.2, 0) is 6.54 Å². The van der Waals surface area contributed by atoms with E-state index in [1.54, 1.807) is 4.68 Å². The lowest BCUT2D eigenvalue weighted by atomic mass is 10.1. The topological polar surface area (TPSA) is 52.7 Å². The molecule has 0 aliphatic carbocycles. The Morgan fingerprint density at radius 1 is 0.963 bits per heavy atom. The van der Waals surface area contributed by atoms with Gasteiger partial charge in [0, 0.05) is 22.6 Å². The summed E-state index contributed by atoms with van der Waals surface area (Å²) in [4.78, 5) is 13.0. The van der Waals surface area contributed by atoms with Gasteiger partial charge in [-0.25, -0.2) is 4.68 Å². The van der Waals surface area contributed by atoms with E-state index in [0.29, 0.717) is 0 Å². The third-order valence-electron chi connectivity index (χ3n) is 5.19. The number of aromatic nitrogens is 4. The molecule has 2 aromatic carbocycles. The van der Waals surface area contributed by atoms with Crippen LogP contribution in [0.1, 0.15) is 32.9 Å². The Balaban J connectivity index is 1.70. The van der Waals surface area contributed by atoms with Gasteiger partial charge in [-0.2, -0.15) is 0 Å². The molecule has 2 aromatic heterocycles. The fourth-order valence-corrected chi connectivity index (χ4v) is 3.56. The van der Waals surface area contributed by atoms with Crippen molar-refractivity contribution in [3.05, 3.63) is 76.6 Å². The second kappa shape index (κ2) is 6.50. The van der Waals surface area contributed by atoms with Crippen molar-refractivity contribution >= 4 is 16.8 Å². The lowest BCUT2D eigenvalue weighted by molar-refractivity contribution is 0.0968. The minimum atomic E-state index is 0.0360. The summed E-state index contributed by atoms with van der Waals surface area (Å²) >= 11 is 0. The Hall–Kier alpha value is -3.21. The minimum absolute atomic E-state index is 0.0360. The van der Waals surface area contributed by atoms with Crippen molar-refractivity contribution < 1.29 is 4.79 Å². The van der Waals surface area contributed by atoms with Crippen molar-refractivity contribution in [2.75, 3.05) is 0 Å². The highest BCUT2D eigenvalue weighted by molar-refractivity contribution is 5.98. The first-order chi connectivity index (χ1) is 13.0. The summed E-state index contributed by atoms with van der Waals surface area (Å²) in [6.45, 7) is 8.41. The molecule has 0 unspecified atom stereocenters. The summed E-state index contributed by atoms with van der Waals surface area (Å²) in [5, 5.41) is 8.27. The van der Waals surface area contributed by atoms with Crippen LogP contribution in [0.25, 0.3) is 16.7 Å². The molecule has 0 spiro atoms. The molecule has 0 saturated heterocycles. The molecule has 5 heteroatoms. The maximum Gasteiger partial charge on any atom is 0.186 e. The molecule has 27 heavy (non-hydrogen) atoms. The molecule has 0 saturated carbocycles. The van der Waals surface area contributed by atoms with Crippen LogP contribution in [0.2, 0.25) is 0 Å². The quantitative estimate of drug-likeness (QED) is 0.510. The third kappa shape index (κ3) is 2.95. The van der Waals surface area contributed by atoms with E-state index < -0.39 is 0 Å². The van der Waals surface area contributed by atoms with Crippen LogP contribution in [0.15, 0.2) is 48.5 Å². The van der Waals surface area contributed by atoms with Crippen LogP contribution < -0.4 is 0 Å². The molecule has 4 rings (SSSR count). The number of hydrogen-bond donors (Lipinski definition) is 0. The van der Waals surface area contributed by atoms with E-state index in [4.69, 9.17) is 0 Å². The maximum absolute atomic E-state index is 13.0. The fraction of sp³-hybridized carbons (Fsp3) is 0.227. The Morgan fingerprint density at radius 2 is 1.74 bits per heavy atom. The summed E-state index contributed by atoms with van der Waals surface area (Å²) in [7, 11) is 0. The number of nitrogens with zero attached hydrogens (tertiary/aromatic N) is 4. The van der Waals surface area contributed by atoms with Crippen LogP contribution in [0, 0.1) is 27.7 Å². The van der Waals surface area contributed by atoms with Gasteiger partial charge in [0.1, 0.15) is 12.1 Å². The van der Waals surface area contributed by atoms with Gasteiger partial charge in [0.05, 0.1) is 5.52 Å². The molecule has 136 valence electrons. The molecule has 4 aromatic rings. The van der Waals surface area contributed by atoms with Crippen molar-refractivity contribution in [1.82, 2.24) is 19.6 Å². The number of para-hydroxylation sites is 1. The van der Waals surface area contributed by atoms with Gasteiger partial charge in [-0.05, 0) is 69.2 Å². The van der Waals surface area contributed by atoms with Crippen LogP contribution >= 0.6 is 0 Å². The molecule has 0 atom stereocenters. The molecular weight excluding hydrogens is 336 g/mol. The predicted octanol–water partition coefficient (Wildman–Crippen LogP) is 4.34. The van der Waals surface area contributed by atoms with Gasteiger partial charge in [0.25, 0.3) is 0 Å². The molecule has 0 aliphatic heterocycles. The Bertz CT molecular complexity index is 1170. The van der Waals surface area contributed by atoms with Crippen LogP contribution in [-0.4, -0.2) is 25.3 Å². The zero-order valence-electron chi connectivity index (χ0n) is 16.0. The Kier molecular flexibility index (Phi) is 4.15. The number of carbonyl (C=O) groups excluding carboxylic acids is 1. The molecule has 0 bridgehead atoms. The predicted molar refractivity (Wildman–Crippen MR) is 107 cm³/mol. The van der Waals surface area contributed by atoms with Crippen LogP contribution in [0.3, 0.4) is 0 Å². The van der Waals surface area contributed by atoms with Crippen LogP contribution in [0.4, 0.5) is 0 Å². The van der Waals surface area contributed by atoms with Crippen molar-refractivity contribution in [2.45, 2.75) is 34.2 Å². The number of benzene rings is 2. The second-order valence-corrected chi connectivity index (χ2v) is 7.05. The number of carbonyl (C=O) groups is 1. The molecule has 0 aliphatic rings. The lowest BCUT2D eigenvalue weighted by Gasteiger charge is -2.12. The van der Waals surface area contributed by atoms with E-state index in [9.17, 15) is 4.79 Å². The fourth-order valence-electron chi connectivity index (χ4n) is 3.56. The van der Waals surface area contributed by atoms with Crippen molar-refractivity contribution in [3.8, 4) is 5.69 Å². The molecule has 2 heterocycles. The highest BCUT2D eigenvalue weighted by Crippen LogP contribution is 2.23. The Morgan fingerprint density at radius 3 is 2.52 bits per heavy atom. The smallest absolute Gasteiger partial charge is 0.186 e. The minimum Gasteiger partial charge on any atom is -0.318 e. The summed E-state index contributed by atoms with van der Waals surface area (Å²) in [5.74, 6) is 0.0360. The lowest BCUT2D eigenvalue weighted by Crippen LogP contribution is -2.13. The largest absolute Gasteiger partial charge is 0.318 e. The average Bonchev–Trinajstić information content (AvgIpc) is 3.18. The highest BCUT2D eigenvalue weighted by atomic mass is 16.1. The van der Waals surface area contributed by atoms with Crippen molar-refractivity contribution in [3.63, 3.8) is 0 Å². The SMILES string of the molecule is Cc1ccc(-n2c(C)cc(C(=O)Cn3nnc4ccccc43)c2C)cc1C. The number of ketones is 1. The van der Waals surface area contributed by atoms with Gasteiger partial charge in [-0.1, -0.05) is 23.4 Å². The van der Waals surface area contributed by atoms with Crippen molar-refractivity contribution in [1.29, 1.82) is 0 Å². The third-order valence-corrected chi connectivity index (χ3v) is 5.19. The maximum atomic E-state index is 13.0. The zero-order chi connectivity index (χ0) is 19.1. The summed E-state index contributed by atoms with van der Waals surface area (Å²) < 4.78 is 3.80. The first-order valence-corrected chi connectivity index (χ1v) is 9.03. The van der Waals surface area contributed by atoms with Gasteiger partial charge < -0.3 is 4.57 Å². The van der Waals surface area contributed by atoms with Gasteiger partial charge in [-0.15, -0.1) is 5.10 Å². The molecule has 5 nitrogen and oxygen atoms in total. The molecule has 0 N–H and O–H groups in total. The molecule has 0 radical (unpaired) electrons. The second-order valence-electron chi connectivity index (χ2n) is 7.05. The summed E-state index contributed by atoms with van der Waals surface area (Å²) in [6.07, 6.45) is 0. The molecule has 0 fully saturated rings. The van der Waals surface area contributed by atoms with E-state index in [0.717, 1.165) is 33.7 Å². The normalized spacial score (nSPS) is 11.3. The van der Waals surface area contributed by atoms with E-state index in [-0.39, 0.29) is 12.3 Å². The number of aryl methyl sites for hydroxylation is 3. The first kappa shape index (κ1) is 17.2. The average molecular weight is 358 g/mol. The van der Waals surface area contributed by atoms with Gasteiger partial charge in [-0.3, -0.25) is 4.79 Å². The van der Waals surface area contributed by atoms with E-state index in [1.807, 2.05) is 44.2 Å². The number of hydrogen-bond acceptors (Lipinski definition) is 3. The van der Waals surface area contributed by atoms with Gasteiger partial charge in [0.15, 0.2) is 5.78 Å². The van der Waals surface area contributed by atoms with Gasteiger partial charge in [0.2, 0.25) is 0 Å². The van der Waals surface area contributed by atoms with Crippen LogP contribution in [0.5, 0.6) is 0 Å². The summed E-state index contributed by atoms with van der Waals surface area (Å²) in [6, 6.07) is 16.0. The van der Waals surface area contributed by atoms with Crippen molar-refractivity contribution in [2.24, 2.45) is 0 Å². The summed E-state index contributed by atoms with van der Waals surface area (Å²) in [5.41, 5.74) is 7.97.